The van der Waals surface area contributed by atoms with E-state index >= 15 is 0 Å². The number of amides is 2. The molecule has 2 heterocycles. The van der Waals surface area contributed by atoms with Gasteiger partial charge in [-0.3, -0.25) is 9.59 Å². The fourth-order valence-corrected chi connectivity index (χ4v) is 4.36. The van der Waals surface area contributed by atoms with Gasteiger partial charge in [-0.25, -0.2) is 4.79 Å². The molecule has 154 valence electrons. The zero-order valence-corrected chi connectivity index (χ0v) is 16.7. The van der Waals surface area contributed by atoms with E-state index in [1.54, 1.807) is 17.9 Å². The Morgan fingerprint density at radius 2 is 1.77 bits per heavy atom. The number of nitrogens with one attached hydrogen (secondary N) is 1. The average Bonchev–Trinajstić information content (AvgIpc) is 3.14. The van der Waals surface area contributed by atoms with Crippen molar-refractivity contribution >= 4 is 23.9 Å². The summed E-state index contributed by atoms with van der Waals surface area (Å²) in [5, 5.41) is 2.80. The molecule has 0 saturated carbocycles. The van der Waals surface area contributed by atoms with Crippen LogP contribution in [-0.2, 0) is 19.1 Å². The van der Waals surface area contributed by atoms with E-state index in [0.29, 0.717) is 6.42 Å². The summed E-state index contributed by atoms with van der Waals surface area (Å²) >= 11 is 0. The minimum absolute atomic E-state index is 0.152. The molecule has 2 fully saturated rings. The third-order valence-corrected chi connectivity index (χ3v) is 5.72. The molecule has 2 saturated heterocycles. The molecule has 2 aliphatic rings. The van der Waals surface area contributed by atoms with E-state index in [-0.39, 0.29) is 30.4 Å². The summed E-state index contributed by atoms with van der Waals surface area (Å²) < 4.78 is 5.25. The highest BCUT2D eigenvalue weighted by Gasteiger charge is 2.60. The number of esters is 1. The van der Waals surface area contributed by atoms with Crippen LogP contribution in [-0.4, -0.2) is 47.4 Å². The Kier molecular flexibility index (Phi) is 5.65. The number of rotatable bonds is 6. The number of hydrogen-bond acceptors (Lipinski definition) is 4. The fraction of sp³-hybridized carbons (Fsp3) is 0.292. The first-order valence-electron chi connectivity index (χ1n) is 10.2. The van der Waals surface area contributed by atoms with E-state index in [4.69, 9.17) is 4.74 Å². The first-order chi connectivity index (χ1) is 14.6. The zero-order chi connectivity index (χ0) is 21.1. The fourth-order valence-electron chi connectivity index (χ4n) is 4.36. The van der Waals surface area contributed by atoms with Gasteiger partial charge in [-0.2, -0.15) is 0 Å². The van der Waals surface area contributed by atoms with Crippen LogP contribution in [0.1, 0.15) is 30.4 Å². The molecule has 6 nitrogen and oxygen atoms in total. The topological polar surface area (TPSA) is 75.7 Å². The van der Waals surface area contributed by atoms with Gasteiger partial charge in [0, 0.05) is 12.0 Å². The van der Waals surface area contributed by atoms with Gasteiger partial charge in [0.1, 0.15) is 12.1 Å². The largest absolute Gasteiger partial charge is 0.464 e. The van der Waals surface area contributed by atoms with Crippen molar-refractivity contribution in [3.8, 4) is 0 Å². The van der Waals surface area contributed by atoms with Gasteiger partial charge < -0.3 is 15.0 Å². The van der Waals surface area contributed by atoms with Gasteiger partial charge in [0.25, 0.3) is 0 Å². The minimum atomic E-state index is -0.655. The van der Waals surface area contributed by atoms with E-state index in [9.17, 15) is 14.4 Å². The van der Waals surface area contributed by atoms with Crippen LogP contribution in [0.25, 0.3) is 6.08 Å². The van der Waals surface area contributed by atoms with Crippen molar-refractivity contribution in [1.29, 1.82) is 0 Å². The molecule has 0 bridgehead atoms. The Labute approximate surface area is 175 Å². The van der Waals surface area contributed by atoms with Crippen LogP contribution in [0.2, 0.25) is 0 Å². The van der Waals surface area contributed by atoms with Crippen LogP contribution in [0, 0.1) is 0 Å². The van der Waals surface area contributed by atoms with E-state index in [1.807, 2.05) is 60.7 Å². The number of fused-ring (bicyclic) bond motifs is 1. The molecule has 2 amide bonds. The maximum Gasteiger partial charge on any atom is 0.329 e. The van der Waals surface area contributed by atoms with Crippen molar-refractivity contribution in [3.63, 3.8) is 0 Å². The number of carbonyl (C=O) groups excluding carboxylic acids is 3. The lowest BCUT2D eigenvalue weighted by atomic mass is 9.89. The Morgan fingerprint density at radius 3 is 2.43 bits per heavy atom. The van der Waals surface area contributed by atoms with Gasteiger partial charge >= 0.3 is 5.97 Å². The van der Waals surface area contributed by atoms with Crippen molar-refractivity contribution in [3.05, 3.63) is 77.9 Å². The van der Waals surface area contributed by atoms with Crippen LogP contribution in [0.5, 0.6) is 0 Å². The Hall–Kier alpha value is -3.41. The Bertz CT molecular complexity index is 958. The Morgan fingerprint density at radius 1 is 1.10 bits per heavy atom. The van der Waals surface area contributed by atoms with Crippen molar-refractivity contribution < 1.29 is 19.1 Å². The van der Waals surface area contributed by atoms with Crippen LogP contribution in [0.4, 0.5) is 0 Å². The van der Waals surface area contributed by atoms with Crippen molar-refractivity contribution in [1.82, 2.24) is 10.2 Å². The van der Waals surface area contributed by atoms with Crippen LogP contribution < -0.4 is 5.32 Å². The van der Waals surface area contributed by atoms with Gasteiger partial charge in [0.15, 0.2) is 0 Å². The lowest BCUT2D eigenvalue weighted by molar-refractivity contribution is -0.164. The molecule has 2 aliphatic heterocycles. The molecule has 2 aromatic rings. The molecular formula is C24H24N2O4. The number of carbonyl (C=O) groups is 3. The van der Waals surface area contributed by atoms with E-state index < -0.39 is 18.1 Å². The molecule has 4 rings (SSSR count). The number of nitrogens with zero attached hydrogens (tertiary/aromatic N) is 1. The summed E-state index contributed by atoms with van der Waals surface area (Å²) in [5.41, 5.74) is 1.90. The van der Waals surface area contributed by atoms with Crippen LogP contribution in [0.15, 0.2) is 66.7 Å². The van der Waals surface area contributed by atoms with Gasteiger partial charge in [0.2, 0.25) is 11.8 Å². The predicted octanol–water partition coefficient (Wildman–Crippen LogP) is 2.51. The monoisotopic (exact) mass is 404 g/mol. The highest BCUT2D eigenvalue weighted by atomic mass is 16.5. The SMILES string of the molecule is CCOC(=O)C1C(c2ccccc2)CC2C(NC(=O)/C=C/c3ccccc3)C(=O)N21. The van der Waals surface area contributed by atoms with E-state index in [0.717, 1.165) is 11.1 Å². The van der Waals surface area contributed by atoms with Crippen molar-refractivity contribution in [2.24, 2.45) is 0 Å². The second-order valence-corrected chi connectivity index (χ2v) is 7.49. The summed E-state index contributed by atoms with van der Waals surface area (Å²) in [4.78, 5) is 39.4. The third kappa shape index (κ3) is 3.73. The number of β-lactam (4-membered cyclic amide) rings is 1. The predicted molar refractivity (Wildman–Crippen MR) is 112 cm³/mol. The lowest BCUT2D eigenvalue weighted by Crippen LogP contribution is -2.70. The average molecular weight is 404 g/mol. The molecule has 0 radical (unpaired) electrons. The van der Waals surface area contributed by atoms with Crippen LogP contribution >= 0.6 is 0 Å². The highest BCUT2D eigenvalue weighted by molar-refractivity contribution is 6.00. The summed E-state index contributed by atoms with van der Waals surface area (Å²) in [6, 6.07) is 17.7. The molecule has 4 atom stereocenters. The standard InChI is InChI=1S/C24H24N2O4/c1-2-30-24(29)22-18(17-11-7-4-8-12-17)15-19-21(23(28)26(19)22)25-20(27)14-13-16-9-5-3-6-10-16/h3-14,18-19,21-22H,2,15H2,1H3,(H,25,27)/b14-13+. The van der Waals surface area contributed by atoms with Crippen molar-refractivity contribution in [2.75, 3.05) is 6.61 Å². The first kappa shape index (κ1) is 19.9. The molecule has 30 heavy (non-hydrogen) atoms. The van der Waals surface area contributed by atoms with Crippen LogP contribution in [0.3, 0.4) is 0 Å². The van der Waals surface area contributed by atoms with Gasteiger partial charge in [-0.1, -0.05) is 60.7 Å². The molecule has 4 unspecified atom stereocenters. The molecule has 0 aromatic heterocycles. The summed E-state index contributed by atoms with van der Waals surface area (Å²) in [7, 11) is 0. The molecule has 2 aromatic carbocycles. The van der Waals surface area contributed by atoms with Gasteiger partial charge in [-0.05, 0) is 30.5 Å². The summed E-state index contributed by atoms with van der Waals surface area (Å²) in [6.45, 7) is 2.01. The Balaban J connectivity index is 1.49. The lowest BCUT2D eigenvalue weighted by Gasteiger charge is -2.44. The zero-order valence-electron chi connectivity index (χ0n) is 16.7. The summed E-state index contributed by atoms with van der Waals surface area (Å²) in [5.74, 6) is -1.11. The van der Waals surface area contributed by atoms with E-state index in [1.165, 1.54) is 6.08 Å². The quantitative estimate of drug-likeness (QED) is 0.456. The molecule has 0 spiro atoms. The molecule has 1 N–H and O–H groups in total. The normalized spacial score (nSPS) is 25.0. The second kappa shape index (κ2) is 8.53. The third-order valence-electron chi connectivity index (χ3n) is 5.72. The maximum absolute atomic E-state index is 12.8. The molecule has 6 heteroatoms. The first-order valence-corrected chi connectivity index (χ1v) is 10.2. The number of ether oxygens (including phenoxy) is 1. The summed E-state index contributed by atoms with van der Waals surface area (Å²) in [6.07, 6.45) is 3.74. The highest BCUT2D eigenvalue weighted by Crippen LogP contribution is 2.44. The number of hydrogen-bond donors (Lipinski definition) is 1. The maximum atomic E-state index is 12.8. The number of benzene rings is 2. The van der Waals surface area contributed by atoms with Gasteiger partial charge in [-0.15, -0.1) is 0 Å². The molecular weight excluding hydrogens is 380 g/mol. The smallest absolute Gasteiger partial charge is 0.329 e. The van der Waals surface area contributed by atoms with E-state index in [2.05, 4.69) is 5.32 Å². The molecule has 0 aliphatic carbocycles. The minimum Gasteiger partial charge on any atom is -0.464 e. The van der Waals surface area contributed by atoms with Crippen molar-refractivity contribution in [2.45, 2.75) is 37.4 Å². The van der Waals surface area contributed by atoms with Gasteiger partial charge in [0.05, 0.1) is 12.6 Å². The second-order valence-electron chi connectivity index (χ2n) is 7.49.